The Hall–Kier alpha value is -0.120. The quantitative estimate of drug-likeness (QED) is 0.500. The maximum atomic E-state index is 9.31. The Balaban J connectivity index is 3.35. The molecule has 0 aromatic carbocycles. The first kappa shape index (κ1) is 11.9. The minimum Gasteiger partial charge on any atom is -0.396 e. The largest absolute Gasteiger partial charge is 0.396 e. The van der Waals surface area contributed by atoms with Crippen LogP contribution in [0.25, 0.3) is 0 Å². The molecule has 74 valence electrons. The summed E-state index contributed by atoms with van der Waals surface area (Å²) in [5, 5.41) is 27.0. The van der Waals surface area contributed by atoms with Gasteiger partial charge in [-0.1, -0.05) is 26.2 Å². The number of aliphatic hydroxyl groups is 3. The fourth-order valence-electron chi connectivity index (χ4n) is 1.12. The van der Waals surface area contributed by atoms with E-state index in [0.29, 0.717) is 6.42 Å². The molecule has 3 heteroatoms. The summed E-state index contributed by atoms with van der Waals surface area (Å²) in [4.78, 5) is 0. The van der Waals surface area contributed by atoms with Gasteiger partial charge in [0.2, 0.25) is 0 Å². The standard InChI is InChI=1S/C9H20O3/c1-2-3-4-5-8(11)9(12)6-7-10/h8-12H,2-7H2,1H3. The van der Waals surface area contributed by atoms with E-state index in [0.717, 1.165) is 19.3 Å². The molecule has 0 aliphatic rings. The SMILES string of the molecule is CCCCCC(O)C(O)CCO. The van der Waals surface area contributed by atoms with Crippen LogP contribution in [0.15, 0.2) is 0 Å². The average Bonchev–Trinajstić information content (AvgIpc) is 2.05. The lowest BCUT2D eigenvalue weighted by Gasteiger charge is -2.16. The lowest BCUT2D eigenvalue weighted by atomic mass is 10.0. The van der Waals surface area contributed by atoms with Gasteiger partial charge in [-0.05, 0) is 12.8 Å². The van der Waals surface area contributed by atoms with Gasteiger partial charge < -0.3 is 15.3 Å². The predicted octanol–water partition coefficient (Wildman–Crippen LogP) is 0.671. The van der Waals surface area contributed by atoms with Crippen LogP contribution in [0.4, 0.5) is 0 Å². The maximum absolute atomic E-state index is 9.31. The van der Waals surface area contributed by atoms with Crippen molar-refractivity contribution in [2.75, 3.05) is 6.61 Å². The summed E-state index contributed by atoms with van der Waals surface area (Å²) in [5.74, 6) is 0. The van der Waals surface area contributed by atoms with E-state index < -0.39 is 12.2 Å². The van der Waals surface area contributed by atoms with Crippen LogP contribution in [-0.4, -0.2) is 34.1 Å². The molecule has 0 radical (unpaired) electrons. The first-order valence-corrected chi connectivity index (χ1v) is 4.69. The van der Waals surface area contributed by atoms with Gasteiger partial charge in [-0.25, -0.2) is 0 Å². The summed E-state index contributed by atoms with van der Waals surface area (Å²) in [5.41, 5.74) is 0. The predicted molar refractivity (Wildman–Crippen MR) is 47.9 cm³/mol. The molecule has 0 amide bonds. The van der Waals surface area contributed by atoms with E-state index in [9.17, 15) is 10.2 Å². The zero-order valence-electron chi connectivity index (χ0n) is 7.74. The highest BCUT2D eigenvalue weighted by atomic mass is 16.3. The minimum atomic E-state index is -0.758. The first-order valence-electron chi connectivity index (χ1n) is 4.69. The Labute approximate surface area is 74.0 Å². The molecule has 0 saturated carbocycles. The topological polar surface area (TPSA) is 60.7 Å². The zero-order valence-corrected chi connectivity index (χ0v) is 7.74. The molecule has 0 heterocycles. The molecule has 2 unspecified atom stereocenters. The molecule has 0 aromatic heterocycles. The van der Waals surface area contributed by atoms with Crippen molar-refractivity contribution in [3.63, 3.8) is 0 Å². The fourth-order valence-corrected chi connectivity index (χ4v) is 1.12. The van der Waals surface area contributed by atoms with Crippen molar-refractivity contribution in [2.45, 2.75) is 51.2 Å². The van der Waals surface area contributed by atoms with Gasteiger partial charge in [0, 0.05) is 6.61 Å². The maximum Gasteiger partial charge on any atom is 0.0820 e. The van der Waals surface area contributed by atoms with Gasteiger partial charge in [0.05, 0.1) is 12.2 Å². The van der Waals surface area contributed by atoms with Crippen LogP contribution in [0.1, 0.15) is 39.0 Å². The molecule has 0 rings (SSSR count). The molecule has 0 spiro atoms. The summed E-state index contributed by atoms with van der Waals surface area (Å²) in [6.45, 7) is 2.03. The summed E-state index contributed by atoms with van der Waals surface area (Å²) < 4.78 is 0. The van der Waals surface area contributed by atoms with Crippen LogP contribution >= 0.6 is 0 Å². The molecule has 2 atom stereocenters. The monoisotopic (exact) mass is 176 g/mol. The van der Waals surface area contributed by atoms with Gasteiger partial charge in [0.1, 0.15) is 0 Å². The van der Waals surface area contributed by atoms with Crippen LogP contribution in [0.3, 0.4) is 0 Å². The molecular formula is C9H20O3. The molecule has 0 fully saturated rings. The smallest absolute Gasteiger partial charge is 0.0820 e. The van der Waals surface area contributed by atoms with Crippen LogP contribution in [0, 0.1) is 0 Å². The normalized spacial score (nSPS) is 16.0. The van der Waals surface area contributed by atoms with Gasteiger partial charge in [0.15, 0.2) is 0 Å². The van der Waals surface area contributed by atoms with Crippen molar-refractivity contribution in [1.29, 1.82) is 0 Å². The Morgan fingerprint density at radius 3 is 2.08 bits per heavy atom. The second-order valence-electron chi connectivity index (χ2n) is 3.14. The Kier molecular flexibility index (Phi) is 7.45. The first-order chi connectivity index (χ1) is 5.72. The second-order valence-corrected chi connectivity index (χ2v) is 3.14. The van der Waals surface area contributed by atoms with Gasteiger partial charge in [-0.3, -0.25) is 0 Å². The van der Waals surface area contributed by atoms with Crippen molar-refractivity contribution >= 4 is 0 Å². The van der Waals surface area contributed by atoms with E-state index in [4.69, 9.17) is 5.11 Å². The van der Waals surface area contributed by atoms with Crippen molar-refractivity contribution < 1.29 is 15.3 Å². The van der Waals surface area contributed by atoms with Crippen LogP contribution in [-0.2, 0) is 0 Å². The third kappa shape index (κ3) is 5.52. The molecule has 0 aliphatic carbocycles. The molecule has 0 bridgehead atoms. The van der Waals surface area contributed by atoms with E-state index in [1.807, 2.05) is 0 Å². The Morgan fingerprint density at radius 2 is 1.58 bits per heavy atom. The van der Waals surface area contributed by atoms with E-state index in [1.165, 1.54) is 0 Å². The second kappa shape index (κ2) is 7.53. The number of hydrogen-bond donors (Lipinski definition) is 3. The van der Waals surface area contributed by atoms with E-state index in [1.54, 1.807) is 0 Å². The third-order valence-corrected chi connectivity index (χ3v) is 1.97. The van der Waals surface area contributed by atoms with E-state index >= 15 is 0 Å². The molecule has 0 aliphatic heterocycles. The summed E-state index contributed by atoms with van der Waals surface area (Å²) >= 11 is 0. The van der Waals surface area contributed by atoms with Crippen molar-refractivity contribution in [3.8, 4) is 0 Å². The lowest BCUT2D eigenvalue weighted by molar-refractivity contribution is -0.0000467. The number of aliphatic hydroxyl groups excluding tert-OH is 3. The molecule has 0 aromatic rings. The summed E-state index contributed by atoms with van der Waals surface area (Å²) in [7, 11) is 0. The van der Waals surface area contributed by atoms with Gasteiger partial charge in [-0.15, -0.1) is 0 Å². The number of rotatable bonds is 7. The van der Waals surface area contributed by atoms with E-state index in [2.05, 4.69) is 6.92 Å². The Bertz CT molecular complexity index is 95.8. The van der Waals surface area contributed by atoms with Crippen LogP contribution < -0.4 is 0 Å². The average molecular weight is 176 g/mol. The highest BCUT2D eigenvalue weighted by Crippen LogP contribution is 2.08. The summed E-state index contributed by atoms with van der Waals surface area (Å²) in [6, 6.07) is 0. The molecular weight excluding hydrogens is 156 g/mol. The summed E-state index contributed by atoms with van der Waals surface area (Å²) in [6.07, 6.45) is 2.63. The number of unbranched alkanes of at least 4 members (excludes halogenated alkanes) is 2. The molecule has 0 saturated heterocycles. The highest BCUT2D eigenvalue weighted by Gasteiger charge is 2.14. The molecule has 12 heavy (non-hydrogen) atoms. The molecule has 3 N–H and O–H groups in total. The third-order valence-electron chi connectivity index (χ3n) is 1.97. The molecule has 3 nitrogen and oxygen atoms in total. The van der Waals surface area contributed by atoms with E-state index in [-0.39, 0.29) is 13.0 Å². The van der Waals surface area contributed by atoms with Crippen molar-refractivity contribution in [2.24, 2.45) is 0 Å². The van der Waals surface area contributed by atoms with Gasteiger partial charge in [0.25, 0.3) is 0 Å². The lowest BCUT2D eigenvalue weighted by Crippen LogP contribution is -2.26. The van der Waals surface area contributed by atoms with Gasteiger partial charge in [-0.2, -0.15) is 0 Å². The van der Waals surface area contributed by atoms with Crippen LogP contribution in [0.5, 0.6) is 0 Å². The zero-order chi connectivity index (χ0) is 9.40. The minimum absolute atomic E-state index is 0.0635. The number of hydrogen-bond acceptors (Lipinski definition) is 3. The van der Waals surface area contributed by atoms with Crippen molar-refractivity contribution in [3.05, 3.63) is 0 Å². The van der Waals surface area contributed by atoms with Crippen LogP contribution in [0.2, 0.25) is 0 Å². The van der Waals surface area contributed by atoms with Crippen molar-refractivity contribution in [1.82, 2.24) is 0 Å². The highest BCUT2D eigenvalue weighted by molar-refractivity contribution is 4.66. The fraction of sp³-hybridized carbons (Fsp3) is 1.00. The Morgan fingerprint density at radius 1 is 1.00 bits per heavy atom. The van der Waals surface area contributed by atoms with Gasteiger partial charge >= 0.3 is 0 Å².